The summed E-state index contributed by atoms with van der Waals surface area (Å²) in [6.07, 6.45) is -4.32. The minimum atomic E-state index is -4.32. The summed E-state index contributed by atoms with van der Waals surface area (Å²) in [5.74, 6) is 0.548. The molecule has 0 atom stereocenters. The summed E-state index contributed by atoms with van der Waals surface area (Å²) in [4.78, 5) is 3.94. The highest BCUT2D eigenvalue weighted by molar-refractivity contribution is 5.46. The molecule has 1 aromatic heterocycles. The van der Waals surface area contributed by atoms with Gasteiger partial charge in [0.25, 0.3) is 0 Å². The third-order valence-corrected chi connectivity index (χ3v) is 1.78. The van der Waals surface area contributed by atoms with Crippen LogP contribution in [-0.2, 0) is 4.74 Å². The molecule has 0 unspecified atom stereocenters. The highest BCUT2D eigenvalue weighted by Gasteiger charge is 2.27. The first kappa shape index (κ1) is 13.6. The largest absolute Gasteiger partial charge is 0.487 e. The predicted molar refractivity (Wildman–Crippen MR) is 55.8 cm³/mol. The summed E-state index contributed by atoms with van der Waals surface area (Å²) < 4.78 is 44.7. The van der Waals surface area contributed by atoms with Gasteiger partial charge in [-0.05, 0) is 19.1 Å². The van der Waals surface area contributed by atoms with E-state index in [0.29, 0.717) is 5.75 Å². The van der Waals surface area contributed by atoms with E-state index in [4.69, 9.17) is 10.5 Å². The molecule has 0 aliphatic carbocycles. The van der Waals surface area contributed by atoms with Crippen LogP contribution in [0, 0.1) is 6.92 Å². The van der Waals surface area contributed by atoms with Crippen molar-refractivity contribution in [1.82, 2.24) is 4.98 Å². The van der Waals surface area contributed by atoms with E-state index in [0.717, 1.165) is 5.69 Å². The molecule has 1 rings (SSSR count). The van der Waals surface area contributed by atoms with Crippen molar-refractivity contribution in [3.8, 4) is 5.75 Å². The fourth-order valence-electron chi connectivity index (χ4n) is 1.08. The third-order valence-electron chi connectivity index (χ3n) is 1.78. The van der Waals surface area contributed by atoms with E-state index >= 15 is 0 Å². The van der Waals surface area contributed by atoms with Gasteiger partial charge >= 0.3 is 6.18 Å². The van der Waals surface area contributed by atoms with Gasteiger partial charge in [-0.2, -0.15) is 13.2 Å². The summed E-state index contributed by atoms with van der Waals surface area (Å²) in [5.41, 5.74) is 6.29. The first-order valence-corrected chi connectivity index (χ1v) is 4.89. The summed E-state index contributed by atoms with van der Waals surface area (Å²) in [6.45, 7) is 0.322. The lowest BCUT2D eigenvalue weighted by atomic mass is 10.3. The van der Waals surface area contributed by atoms with E-state index in [9.17, 15) is 13.2 Å². The van der Waals surface area contributed by atoms with E-state index in [2.05, 4.69) is 9.72 Å². The number of nitrogen functional groups attached to an aromatic ring is 1. The molecule has 17 heavy (non-hydrogen) atoms. The number of hydrogen-bond acceptors (Lipinski definition) is 4. The van der Waals surface area contributed by atoms with Crippen LogP contribution in [0.1, 0.15) is 5.69 Å². The molecule has 0 saturated heterocycles. The Morgan fingerprint density at radius 2 is 2.00 bits per heavy atom. The summed E-state index contributed by atoms with van der Waals surface area (Å²) in [5, 5.41) is 0. The molecule has 0 aliphatic heterocycles. The van der Waals surface area contributed by atoms with Crippen LogP contribution in [0.15, 0.2) is 12.1 Å². The standard InChI is InChI=1S/C10H13F3N2O2/c1-7-2-3-8(9(14)15-7)17-5-4-16-6-10(11,12)13/h2-3H,4-6H2,1H3,(H2,14,15). The number of halogens is 3. The molecule has 0 bridgehead atoms. The minimum Gasteiger partial charge on any atom is -0.487 e. The lowest BCUT2D eigenvalue weighted by molar-refractivity contribution is -0.175. The van der Waals surface area contributed by atoms with Gasteiger partial charge in [0.2, 0.25) is 0 Å². The summed E-state index contributed by atoms with van der Waals surface area (Å²) in [6, 6.07) is 3.31. The third kappa shape index (κ3) is 5.39. The van der Waals surface area contributed by atoms with Crippen LogP contribution in [-0.4, -0.2) is 31.0 Å². The lowest BCUT2D eigenvalue weighted by Gasteiger charge is -2.10. The molecule has 2 N–H and O–H groups in total. The van der Waals surface area contributed by atoms with E-state index in [1.807, 2.05) is 0 Å². The van der Waals surface area contributed by atoms with Crippen molar-refractivity contribution in [1.29, 1.82) is 0 Å². The Morgan fingerprint density at radius 3 is 2.59 bits per heavy atom. The van der Waals surface area contributed by atoms with E-state index in [-0.39, 0.29) is 19.0 Å². The lowest BCUT2D eigenvalue weighted by Crippen LogP contribution is -2.19. The molecule has 7 heteroatoms. The number of anilines is 1. The molecule has 0 saturated carbocycles. The monoisotopic (exact) mass is 250 g/mol. The molecule has 0 aromatic carbocycles. The van der Waals surface area contributed by atoms with Crippen LogP contribution in [0.3, 0.4) is 0 Å². The van der Waals surface area contributed by atoms with Crippen molar-refractivity contribution >= 4 is 5.82 Å². The van der Waals surface area contributed by atoms with Gasteiger partial charge in [0.1, 0.15) is 13.2 Å². The Labute approximate surface area is 96.5 Å². The van der Waals surface area contributed by atoms with Gasteiger partial charge in [0, 0.05) is 5.69 Å². The van der Waals surface area contributed by atoms with Crippen molar-refractivity contribution in [2.45, 2.75) is 13.1 Å². The molecule has 96 valence electrons. The molecule has 0 amide bonds. The zero-order chi connectivity index (χ0) is 12.9. The second kappa shape index (κ2) is 5.72. The van der Waals surface area contributed by atoms with Crippen LogP contribution in [0.5, 0.6) is 5.75 Å². The molecule has 0 aliphatic rings. The number of aryl methyl sites for hydroxylation is 1. The van der Waals surface area contributed by atoms with Gasteiger partial charge in [0.05, 0.1) is 6.61 Å². The second-order valence-electron chi connectivity index (χ2n) is 3.35. The van der Waals surface area contributed by atoms with E-state index in [1.54, 1.807) is 19.1 Å². The number of alkyl halides is 3. The fraction of sp³-hybridized carbons (Fsp3) is 0.500. The number of hydrogen-bond donors (Lipinski definition) is 1. The molecule has 0 fully saturated rings. The minimum absolute atomic E-state index is 0.00891. The van der Waals surface area contributed by atoms with Gasteiger partial charge < -0.3 is 15.2 Å². The van der Waals surface area contributed by atoms with E-state index < -0.39 is 12.8 Å². The Morgan fingerprint density at radius 1 is 1.29 bits per heavy atom. The quantitative estimate of drug-likeness (QED) is 0.811. The fourth-order valence-corrected chi connectivity index (χ4v) is 1.08. The van der Waals surface area contributed by atoms with Crippen LogP contribution in [0.2, 0.25) is 0 Å². The van der Waals surface area contributed by atoms with Crippen molar-refractivity contribution in [2.75, 3.05) is 25.6 Å². The summed E-state index contributed by atoms with van der Waals surface area (Å²) in [7, 11) is 0. The van der Waals surface area contributed by atoms with Gasteiger partial charge in [-0.25, -0.2) is 4.98 Å². The molecule has 1 aromatic rings. The van der Waals surface area contributed by atoms with Crippen molar-refractivity contribution in [3.63, 3.8) is 0 Å². The summed E-state index contributed by atoms with van der Waals surface area (Å²) >= 11 is 0. The predicted octanol–water partition coefficient (Wildman–Crippen LogP) is 1.93. The van der Waals surface area contributed by atoms with Gasteiger partial charge in [-0.3, -0.25) is 0 Å². The maximum absolute atomic E-state index is 11.7. The Balaban J connectivity index is 2.27. The average molecular weight is 250 g/mol. The highest BCUT2D eigenvalue weighted by Crippen LogP contribution is 2.18. The maximum atomic E-state index is 11.7. The molecular formula is C10H13F3N2O2. The SMILES string of the molecule is Cc1ccc(OCCOCC(F)(F)F)c(N)n1. The number of aromatic nitrogens is 1. The van der Waals surface area contributed by atoms with Crippen molar-refractivity contribution in [2.24, 2.45) is 0 Å². The Kier molecular flexibility index (Phi) is 4.56. The molecule has 0 spiro atoms. The van der Waals surface area contributed by atoms with Crippen LogP contribution in [0.4, 0.5) is 19.0 Å². The smallest absolute Gasteiger partial charge is 0.411 e. The normalized spacial score (nSPS) is 11.5. The average Bonchev–Trinajstić information content (AvgIpc) is 2.18. The van der Waals surface area contributed by atoms with Crippen LogP contribution >= 0.6 is 0 Å². The zero-order valence-electron chi connectivity index (χ0n) is 9.25. The number of nitrogens with two attached hydrogens (primary N) is 1. The zero-order valence-corrected chi connectivity index (χ0v) is 9.25. The molecular weight excluding hydrogens is 237 g/mol. The number of pyridine rings is 1. The highest BCUT2D eigenvalue weighted by atomic mass is 19.4. The van der Waals surface area contributed by atoms with Crippen molar-refractivity contribution in [3.05, 3.63) is 17.8 Å². The number of rotatable bonds is 5. The second-order valence-corrected chi connectivity index (χ2v) is 3.35. The first-order valence-electron chi connectivity index (χ1n) is 4.89. The van der Waals surface area contributed by atoms with Crippen molar-refractivity contribution < 1.29 is 22.6 Å². The maximum Gasteiger partial charge on any atom is 0.411 e. The van der Waals surface area contributed by atoms with Gasteiger partial charge in [-0.1, -0.05) is 0 Å². The Bertz CT molecular complexity index is 369. The van der Waals surface area contributed by atoms with Crippen LogP contribution in [0.25, 0.3) is 0 Å². The first-order chi connectivity index (χ1) is 7.88. The molecule has 0 radical (unpaired) electrons. The molecule has 1 heterocycles. The molecule has 4 nitrogen and oxygen atoms in total. The number of ether oxygens (including phenoxy) is 2. The van der Waals surface area contributed by atoms with Gasteiger partial charge in [-0.15, -0.1) is 0 Å². The van der Waals surface area contributed by atoms with E-state index in [1.165, 1.54) is 0 Å². The van der Waals surface area contributed by atoms with Gasteiger partial charge in [0.15, 0.2) is 11.6 Å². The Hall–Kier alpha value is -1.50. The number of nitrogens with zero attached hydrogens (tertiary/aromatic N) is 1. The van der Waals surface area contributed by atoms with Crippen LogP contribution < -0.4 is 10.5 Å². The topological polar surface area (TPSA) is 57.4 Å².